The molecule has 0 saturated carbocycles. The minimum atomic E-state index is -0.512. The number of ether oxygens (including phenoxy) is 1. The molecule has 0 aliphatic heterocycles. The number of hydrogen-bond acceptors (Lipinski definition) is 6. The van der Waals surface area contributed by atoms with E-state index in [4.69, 9.17) is 4.74 Å². The monoisotopic (exact) mass is 299 g/mol. The topological polar surface area (TPSA) is 94.2 Å². The quantitative estimate of drug-likeness (QED) is 0.270. The van der Waals surface area contributed by atoms with E-state index in [2.05, 4.69) is 10.2 Å². The zero-order valence-electron chi connectivity index (χ0n) is 11.8. The molecule has 0 amide bonds. The van der Waals surface area contributed by atoms with Crippen LogP contribution in [0.3, 0.4) is 0 Å². The van der Waals surface area contributed by atoms with Crippen LogP contribution in [0.1, 0.15) is 13.3 Å². The van der Waals surface area contributed by atoms with Gasteiger partial charge in [-0.15, -0.1) is 5.11 Å². The molecule has 0 fully saturated rings. The molecule has 0 bridgehead atoms. The number of carbonyl (C=O) groups excluding carboxylic acids is 1. The summed E-state index contributed by atoms with van der Waals surface area (Å²) < 4.78 is 5.03. The third-order valence-corrected chi connectivity index (χ3v) is 2.71. The van der Waals surface area contributed by atoms with E-state index in [0.29, 0.717) is 17.9 Å². The Morgan fingerprint density at radius 2 is 1.82 bits per heavy atom. The van der Waals surface area contributed by atoms with E-state index >= 15 is 0 Å². The first-order valence-corrected chi connectivity index (χ1v) is 6.56. The molecule has 22 heavy (non-hydrogen) atoms. The third kappa shape index (κ3) is 3.95. The predicted molar refractivity (Wildman–Crippen MR) is 79.6 cm³/mol. The van der Waals surface area contributed by atoms with Crippen molar-refractivity contribution in [3.05, 3.63) is 58.6 Å². The second kappa shape index (κ2) is 7.07. The molecule has 0 heterocycles. The van der Waals surface area contributed by atoms with Gasteiger partial charge in [0.25, 0.3) is 5.69 Å². The molecular formula is C15H13N3O4. The van der Waals surface area contributed by atoms with Crippen molar-refractivity contribution in [3.8, 4) is 5.75 Å². The summed E-state index contributed by atoms with van der Waals surface area (Å²) in [6, 6.07) is 12.5. The van der Waals surface area contributed by atoms with Crippen LogP contribution in [0.25, 0.3) is 0 Å². The molecule has 0 N–H and O–H groups in total. The van der Waals surface area contributed by atoms with Gasteiger partial charge in [-0.2, -0.15) is 5.11 Å². The van der Waals surface area contributed by atoms with Crippen LogP contribution in [0.5, 0.6) is 5.75 Å². The van der Waals surface area contributed by atoms with Gasteiger partial charge in [-0.3, -0.25) is 14.9 Å². The smallest absolute Gasteiger partial charge is 0.310 e. The second-order valence-electron chi connectivity index (χ2n) is 4.27. The number of rotatable bonds is 5. The zero-order valence-corrected chi connectivity index (χ0v) is 11.8. The molecule has 2 aromatic carbocycles. The van der Waals surface area contributed by atoms with Crippen molar-refractivity contribution >= 4 is 23.0 Å². The fourth-order valence-electron chi connectivity index (χ4n) is 1.60. The Kier molecular flexibility index (Phi) is 4.92. The first-order chi connectivity index (χ1) is 10.6. The highest BCUT2D eigenvalue weighted by Crippen LogP contribution is 2.28. The van der Waals surface area contributed by atoms with Crippen molar-refractivity contribution in [2.45, 2.75) is 13.3 Å². The van der Waals surface area contributed by atoms with E-state index in [-0.39, 0.29) is 17.3 Å². The van der Waals surface area contributed by atoms with Gasteiger partial charge < -0.3 is 4.74 Å². The summed E-state index contributed by atoms with van der Waals surface area (Å²) in [4.78, 5) is 21.5. The molecule has 2 aromatic rings. The fraction of sp³-hybridized carbons (Fsp3) is 0.133. The van der Waals surface area contributed by atoms with E-state index in [1.165, 1.54) is 12.1 Å². The van der Waals surface area contributed by atoms with Gasteiger partial charge in [0.1, 0.15) is 5.75 Å². The van der Waals surface area contributed by atoms with Crippen molar-refractivity contribution in [2.75, 3.05) is 0 Å². The van der Waals surface area contributed by atoms with Gasteiger partial charge in [0.2, 0.25) is 0 Å². The highest BCUT2D eigenvalue weighted by molar-refractivity contribution is 5.72. The van der Waals surface area contributed by atoms with Gasteiger partial charge in [-0.1, -0.05) is 19.1 Å². The molecule has 0 spiro atoms. The van der Waals surface area contributed by atoms with Crippen molar-refractivity contribution < 1.29 is 14.5 Å². The van der Waals surface area contributed by atoms with Crippen LogP contribution in [0.2, 0.25) is 0 Å². The SMILES string of the molecule is CCC(=O)Oc1ccc(N=Nc2ccccc2[N+](=O)[O-])cc1. The maximum Gasteiger partial charge on any atom is 0.310 e. The molecule has 112 valence electrons. The van der Waals surface area contributed by atoms with Gasteiger partial charge in [0.15, 0.2) is 5.69 Å². The third-order valence-electron chi connectivity index (χ3n) is 2.71. The average Bonchev–Trinajstić information content (AvgIpc) is 2.54. The molecular weight excluding hydrogens is 286 g/mol. The summed E-state index contributed by atoms with van der Waals surface area (Å²) in [7, 11) is 0. The van der Waals surface area contributed by atoms with Crippen molar-refractivity contribution in [2.24, 2.45) is 10.2 Å². The summed E-state index contributed by atoms with van der Waals surface area (Å²) in [5.41, 5.74) is 0.559. The van der Waals surface area contributed by atoms with Crippen molar-refractivity contribution in [1.82, 2.24) is 0 Å². The standard InChI is InChI=1S/C15H13N3O4/c1-2-15(19)22-12-9-7-11(8-10-12)16-17-13-5-3-4-6-14(13)18(20)21/h3-10H,2H2,1H3. The number of hydrogen-bond donors (Lipinski definition) is 0. The van der Waals surface area contributed by atoms with Crippen LogP contribution in [0.4, 0.5) is 17.1 Å². The Bertz CT molecular complexity index is 711. The zero-order chi connectivity index (χ0) is 15.9. The Morgan fingerprint density at radius 3 is 2.45 bits per heavy atom. The first kappa shape index (κ1) is 15.3. The average molecular weight is 299 g/mol. The maximum atomic E-state index is 11.2. The minimum absolute atomic E-state index is 0.111. The predicted octanol–water partition coefficient (Wildman–Crippen LogP) is 4.33. The summed E-state index contributed by atoms with van der Waals surface area (Å²) in [5.74, 6) is 0.0887. The molecule has 0 saturated heterocycles. The number of nitro benzene ring substituents is 1. The number of nitro groups is 1. The molecule has 0 aliphatic rings. The first-order valence-electron chi connectivity index (χ1n) is 6.56. The Balaban J connectivity index is 2.14. The molecule has 0 unspecified atom stereocenters. The largest absolute Gasteiger partial charge is 0.427 e. The highest BCUT2D eigenvalue weighted by atomic mass is 16.6. The number of nitrogens with zero attached hydrogens (tertiary/aromatic N) is 3. The summed E-state index contributed by atoms with van der Waals surface area (Å²) in [6.45, 7) is 1.71. The maximum absolute atomic E-state index is 11.2. The molecule has 0 atom stereocenters. The lowest BCUT2D eigenvalue weighted by Crippen LogP contribution is -2.04. The lowest BCUT2D eigenvalue weighted by atomic mass is 10.3. The summed E-state index contributed by atoms with van der Waals surface area (Å²) in [5, 5.41) is 18.7. The summed E-state index contributed by atoms with van der Waals surface area (Å²) in [6.07, 6.45) is 0.291. The molecule has 2 rings (SSSR count). The molecule has 0 aromatic heterocycles. The molecule has 0 radical (unpaired) electrons. The molecule has 7 heteroatoms. The molecule has 7 nitrogen and oxygen atoms in total. The minimum Gasteiger partial charge on any atom is -0.427 e. The van der Waals surface area contributed by atoms with Gasteiger partial charge in [-0.25, -0.2) is 0 Å². The van der Waals surface area contributed by atoms with E-state index in [9.17, 15) is 14.9 Å². The number of esters is 1. The van der Waals surface area contributed by atoms with E-state index in [0.717, 1.165) is 0 Å². The van der Waals surface area contributed by atoms with Crippen molar-refractivity contribution in [1.29, 1.82) is 0 Å². The van der Waals surface area contributed by atoms with Crippen LogP contribution < -0.4 is 4.74 Å². The van der Waals surface area contributed by atoms with E-state index < -0.39 is 4.92 Å². The number of azo groups is 1. The number of para-hydroxylation sites is 1. The number of benzene rings is 2. The second-order valence-corrected chi connectivity index (χ2v) is 4.27. The lowest BCUT2D eigenvalue weighted by molar-refractivity contribution is -0.384. The molecule has 0 aliphatic carbocycles. The van der Waals surface area contributed by atoms with E-state index in [1.54, 1.807) is 43.3 Å². The van der Waals surface area contributed by atoms with Gasteiger partial charge >= 0.3 is 5.97 Å². The van der Waals surface area contributed by atoms with Crippen molar-refractivity contribution in [3.63, 3.8) is 0 Å². The Hall–Kier alpha value is -3.09. The Labute approximate surface area is 126 Å². The van der Waals surface area contributed by atoms with Crippen LogP contribution in [-0.2, 0) is 4.79 Å². The lowest BCUT2D eigenvalue weighted by Gasteiger charge is -2.01. The van der Waals surface area contributed by atoms with Crippen LogP contribution in [-0.4, -0.2) is 10.9 Å². The van der Waals surface area contributed by atoms with Gasteiger partial charge in [-0.05, 0) is 30.3 Å². The summed E-state index contributed by atoms with van der Waals surface area (Å²) >= 11 is 0. The highest BCUT2D eigenvalue weighted by Gasteiger charge is 2.11. The number of carbonyl (C=O) groups is 1. The van der Waals surface area contributed by atoms with Gasteiger partial charge in [0.05, 0.1) is 10.6 Å². The normalized spacial score (nSPS) is 10.6. The van der Waals surface area contributed by atoms with Crippen LogP contribution in [0, 0.1) is 10.1 Å². The van der Waals surface area contributed by atoms with E-state index in [1.807, 2.05) is 0 Å². The Morgan fingerprint density at radius 1 is 1.14 bits per heavy atom. The van der Waals surface area contributed by atoms with Gasteiger partial charge in [0, 0.05) is 12.5 Å². The van der Waals surface area contributed by atoms with Crippen LogP contribution in [0.15, 0.2) is 58.8 Å². The fourth-order valence-corrected chi connectivity index (χ4v) is 1.60. The van der Waals surface area contributed by atoms with Crippen LogP contribution >= 0.6 is 0 Å².